The van der Waals surface area contributed by atoms with Gasteiger partial charge < -0.3 is 11.1 Å². The monoisotopic (exact) mass is 260 g/mol. The Morgan fingerprint density at radius 3 is 2.47 bits per heavy atom. The summed E-state index contributed by atoms with van der Waals surface area (Å²) in [6.45, 7) is 2.64. The quantitative estimate of drug-likeness (QED) is 0.873. The van der Waals surface area contributed by atoms with E-state index in [9.17, 15) is 4.79 Å². The Balaban J connectivity index is 1.94. The minimum absolute atomic E-state index is 0.0771. The van der Waals surface area contributed by atoms with Crippen LogP contribution in [0.25, 0.3) is 0 Å². The number of carbonyl (C=O) groups excluding carboxylic acids is 1. The average Bonchev–Trinajstić information content (AvgIpc) is 2.43. The SMILES string of the molecule is CC1CCC(NC(=O)C(CN)c2ccccc2)CC1. The Morgan fingerprint density at radius 2 is 1.89 bits per heavy atom. The van der Waals surface area contributed by atoms with E-state index in [1.807, 2.05) is 30.3 Å². The fraction of sp³-hybridized carbons (Fsp3) is 0.562. The lowest BCUT2D eigenvalue weighted by molar-refractivity contribution is -0.123. The van der Waals surface area contributed by atoms with E-state index in [2.05, 4.69) is 12.2 Å². The molecule has 1 atom stereocenters. The molecule has 1 aliphatic rings. The van der Waals surface area contributed by atoms with Gasteiger partial charge in [0.15, 0.2) is 0 Å². The summed E-state index contributed by atoms with van der Waals surface area (Å²) in [6.07, 6.45) is 4.62. The first kappa shape index (κ1) is 14.1. The summed E-state index contributed by atoms with van der Waals surface area (Å²) in [7, 11) is 0. The van der Waals surface area contributed by atoms with Crippen LogP contribution in [0.5, 0.6) is 0 Å². The first-order chi connectivity index (χ1) is 9.20. The highest BCUT2D eigenvalue weighted by Gasteiger charge is 2.24. The molecule has 1 fully saturated rings. The molecule has 0 aromatic heterocycles. The van der Waals surface area contributed by atoms with Gasteiger partial charge in [-0.1, -0.05) is 37.3 Å². The fourth-order valence-electron chi connectivity index (χ4n) is 2.79. The zero-order chi connectivity index (χ0) is 13.7. The molecule has 3 nitrogen and oxygen atoms in total. The zero-order valence-corrected chi connectivity index (χ0v) is 11.6. The van der Waals surface area contributed by atoms with Gasteiger partial charge in [-0.15, -0.1) is 0 Å². The molecule has 1 amide bonds. The maximum absolute atomic E-state index is 12.3. The molecule has 0 saturated heterocycles. The van der Waals surface area contributed by atoms with Crippen molar-refractivity contribution in [2.45, 2.75) is 44.6 Å². The maximum atomic E-state index is 12.3. The summed E-state index contributed by atoms with van der Waals surface area (Å²) < 4.78 is 0. The van der Waals surface area contributed by atoms with Crippen LogP contribution in [-0.2, 0) is 4.79 Å². The molecule has 104 valence electrons. The van der Waals surface area contributed by atoms with Gasteiger partial charge in [0.05, 0.1) is 5.92 Å². The average molecular weight is 260 g/mol. The lowest BCUT2D eigenvalue weighted by atomic mass is 9.87. The van der Waals surface area contributed by atoms with Crippen molar-refractivity contribution in [3.8, 4) is 0 Å². The van der Waals surface area contributed by atoms with Crippen LogP contribution in [0, 0.1) is 5.92 Å². The van der Waals surface area contributed by atoms with Gasteiger partial charge in [-0.2, -0.15) is 0 Å². The van der Waals surface area contributed by atoms with Crippen molar-refractivity contribution in [1.29, 1.82) is 0 Å². The number of nitrogens with two attached hydrogens (primary N) is 1. The molecule has 3 heteroatoms. The fourth-order valence-corrected chi connectivity index (χ4v) is 2.79. The summed E-state index contributed by atoms with van der Waals surface area (Å²) in [6, 6.07) is 10.1. The largest absolute Gasteiger partial charge is 0.353 e. The highest BCUT2D eigenvalue weighted by Crippen LogP contribution is 2.24. The molecule has 1 aromatic rings. The molecule has 19 heavy (non-hydrogen) atoms. The lowest BCUT2D eigenvalue weighted by Crippen LogP contribution is -2.41. The smallest absolute Gasteiger partial charge is 0.229 e. The maximum Gasteiger partial charge on any atom is 0.229 e. The molecular weight excluding hydrogens is 236 g/mol. The van der Waals surface area contributed by atoms with Crippen LogP contribution < -0.4 is 11.1 Å². The van der Waals surface area contributed by atoms with Crippen LogP contribution in [0.4, 0.5) is 0 Å². The number of amides is 1. The highest BCUT2D eigenvalue weighted by molar-refractivity contribution is 5.84. The third-order valence-corrected chi connectivity index (χ3v) is 4.12. The molecule has 0 bridgehead atoms. The second-order valence-electron chi connectivity index (χ2n) is 5.66. The topological polar surface area (TPSA) is 55.1 Å². The highest BCUT2D eigenvalue weighted by atomic mass is 16.1. The van der Waals surface area contributed by atoms with Crippen molar-refractivity contribution in [1.82, 2.24) is 5.32 Å². The van der Waals surface area contributed by atoms with Gasteiger partial charge >= 0.3 is 0 Å². The van der Waals surface area contributed by atoms with Crippen molar-refractivity contribution in [3.05, 3.63) is 35.9 Å². The Hall–Kier alpha value is -1.35. The molecule has 1 aliphatic carbocycles. The van der Waals surface area contributed by atoms with E-state index >= 15 is 0 Å². The second kappa shape index (κ2) is 6.71. The van der Waals surface area contributed by atoms with Crippen molar-refractivity contribution in [2.75, 3.05) is 6.54 Å². The summed E-state index contributed by atoms with van der Waals surface area (Å²) >= 11 is 0. The van der Waals surface area contributed by atoms with Gasteiger partial charge in [-0.05, 0) is 37.2 Å². The van der Waals surface area contributed by atoms with Crippen molar-refractivity contribution < 1.29 is 4.79 Å². The first-order valence-corrected chi connectivity index (χ1v) is 7.26. The Labute approximate surface area is 115 Å². The van der Waals surface area contributed by atoms with Gasteiger partial charge in [0.1, 0.15) is 0 Å². The molecular formula is C16H24N2O. The van der Waals surface area contributed by atoms with Crippen LogP contribution >= 0.6 is 0 Å². The van der Waals surface area contributed by atoms with Crippen molar-refractivity contribution in [3.63, 3.8) is 0 Å². The van der Waals surface area contributed by atoms with Gasteiger partial charge in [0, 0.05) is 12.6 Å². The number of carbonyl (C=O) groups is 1. The number of hydrogen-bond donors (Lipinski definition) is 2. The molecule has 0 spiro atoms. The molecule has 0 heterocycles. The van der Waals surface area contributed by atoms with E-state index < -0.39 is 0 Å². The van der Waals surface area contributed by atoms with E-state index in [1.54, 1.807) is 0 Å². The summed E-state index contributed by atoms with van der Waals surface area (Å²) in [5.74, 6) is 0.654. The van der Waals surface area contributed by atoms with Gasteiger partial charge in [0.2, 0.25) is 5.91 Å². The van der Waals surface area contributed by atoms with E-state index in [4.69, 9.17) is 5.73 Å². The molecule has 1 aromatic carbocycles. The Bertz CT molecular complexity index is 396. The van der Waals surface area contributed by atoms with Crippen molar-refractivity contribution in [2.24, 2.45) is 11.7 Å². The van der Waals surface area contributed by atoms with Gasteiger partial charge in [-0.25, -0.2) is 0 Å². The van der Waals surface area contributed by atoms with E-state index in [0.717, 1.165) is 24.3 Å². The van der Waals surface area contributed by atoms with Crippen LogP contribution in [0.3, 0.4) is 0 Å². The number of nitrogens with one attached hydrogen (secondary N) is 1. The number of benzene rings is 1. The first-order valence-electron chi connectivity index (χ1n) is 7.26. The molecule has 0 aliphatic heterocycles. The third-order valence-electron chi connectivity index (χ3n) is 4.12. The van der Waals surface area contributed by atoms with Crippen LogP contribution in [0.2, 0.25) is 0 Å². The Morgan fingerprint density at radius 1 is 1.26 bits per heavy atom. The third kappa shape index (κ3) is 3.80. The standard InChI is InChI=1S/C16H24N2O/c1-12-7-9-14(10-8-12)18-16(19)15(11-17)13-5-3-2-4-6-13/h2-6,12,14-15H,7-11,17H2,1H3,(H,18,19). The van der Waals surface area contributed by atoms with Crippen LogP contribution in [0.15, 0.2) is 30.3 Å². The minimum Gasteiger partial charge on any atom is -0.353 e. The van der Waals surface area contributed by atoms with E-state index in [1.165, 1.54) is 12.8 Å². The Kier molecular flexibility index (Phi) is 4.97. The zero-order valence-electron chi connectivity index (χ0n) is 11.6. The van der Waals surface area contributed by atoms with Crippen LogP contribution in [-0.4, -0.2) is 18.5 Å². The van der Waals surface area contributed by atoms with E-state index in [0.29, 0.717) is 12.6 Å². The van der Waals surface area contributed by atoms with E-state index in [-0.39, 0.29) is 11.8 Å². The predicted octanol–water partition coefficient (Wildman–Crippen LogP) is 2.42. The molecule has 1 saturated carbocycles. The molecule has 1 unspecified atom stereocenters. The summed E-state index contributed by atoms with van der Waals surface area (Å²) in [4.78, 5) is 12.3. The molecule has 2 rings (SSSR count). The minimum atomic E-state index is -0.222. The number of rotatable bonds is 4. The molecule has 3 N–H and O–H groups in total. The van der Waals surface area contributed by atoms with Crippen LogP contribution in [0.1, 0.15) is 44.1 Å². The van der Waals surface area contributed by atoms with Crippen molar-refractivity contribution >= 4 is 5.91 Å². The normalized spacial score (nSPS) is 24.7. The lowest BCUT2D eigenvalue weighted by Gasteiger charge is -2.28. The number of hydrogen-bond acceptors (Lipinski definition) is 2. The second-order valence-corrected chi connectivity index (χ2v) is 5.66. The molecule has 0 radical (unpaired) electrons. The summed E-state index contributed by atoms with van der Waals surface area (Å²) in [5, 5.41) is 3.17. The van der Waals surface area contributed by atoms with Gasteiger partial charge in [0.25, 0.3) is 0 Å². The predicted molar refractivity (Wildman–Crippen MR) is 77.8 cm³/mol. The summed E-state index contributed by atoms with van der Waals surface area (Å²) in [5.41, 5.74) is 6.78. The van der Waals surface area contributed by atoms with Gasteiger partial charge in [-0.3, -0.25) is 4.79 Å².